The Morgan fingerprint density at radius 1 is 1.12 bits per heavy atom. The zero-order chi connectivity index (χ0) is 18.7. The Hall–Kier alpha value is -2.28. The van der Waals surface area contributed by atoms with Gasteiger partial charge < -0.3 is 25.8 Å². The molecule has 2 aliphatic heterocycles. The van der Waals surface area contributed by atoms with Crippen LogP contribution in [0.5, 0.6) is 0 Å². The van der Waals surface area contributed by atoms with Gasteiger partial charge in [-0.2, -0.15) is 0 Å². The normalized spacial score (nSPS) is 24.4. The Bertz CT molecular complexity index is 657. The Kier molecular flexibility index (Phi) is 5.66. The maximum absolute atomic E-state index is 12.9. The number of anilines is 2. The van der Waals surface area contributed by atoms with Gasteiger partial charge in [-0.25, -0.2) is 4.79 Å². The van der Waals surface area contributed by atoms with E-state index in [-0.39, 0.29) is 23.9 Å². The SMILES string of the molecule is C[C@H]1CC[C@@H](C(N)=O)CN1C(=O)Nc1ccccc1N1CCN(C)CC1. The number of benzene rings is 1. The van der Waals surface area contributed by atoms with E-state index in [4.69, 9.17) is 5.73 Å². The molecule has 0 radical (unpaired) electrons. The van der Waals surface area contributed by atoms with Crippen molar-refractivity contribution in [1.82, 2.24) is 9.80 Å². The Morgan fingerprint density at radius 2 is 1.81 bits per heavy atom. The molecule has 2 heterocycles. The third-order valence-corrected chi connectivity index (χ3v) is 5.53. The number of urea groups is 1. The number of nitrogens with zero attached hydrogens (tertiary/aromatic N) is 3. The van der Waals surface area contributed by atoms with Crippen molar-refractivity contribution in [2.24, 2.45) is 11.7 Å². The number of rotatable bonds is 3. The molecular weight excluding hydrogens is 330 g/mol. The van der Waals surface area contributed by atoms with E-state index < -0.39 is 0 Å². The summed E-state index contributed by atoms with van der Waals surface area (Å²) in [5.41, 5.74) is 7.31. The molecule has 0 bridgehead atoms. The van der Waals surface area contributed by atoms with Gasteiger partial charge in [-0.05, 0) is 38.9 Å². The van der Waals surface area contributed by atoms with Gasteiger partial charge in [-0.15, -0.1) is 0 Å². The lowest BCUT2D eigenvalue weighted by atomic mass is 9.93. The van der Waals surface area contributed by atoms with Gasteiger partial charge in [-0.1, -0.05) is 12.1 Å². The number of amides is 3. The van der Waals surface area contributed by atoms with Gasteiger partial charge in [0.2, 0.25) is 5.91 Å². The molecule has 2 aliphatic rings. The van der Waals surface area contributed by atoms with Crippen molar-refractivity contribution >= 4 is 23.3 Å². The van der Waals surface area contributed by atoms with Crippen molar-refractivity contribution in [1.29, 1.82) is 0 Å². The lowest BCUT2D eigenvalue weighted by molar-refractivity contribution is -0.123. The van der Waals surface area contributed by atoms with Crippen LogP contribution in [0.2, 0.25) is 0 Å². The highest BCUT2D eigenvalue weighted by Crippen LogP contribution is 2.28. The first-order chi connectivity index (χ1) is 12.5. The molecule has 0 aliphatic carbocycles. The largest absolute Gasteiger partial charge is 0.369 e. The molecule has 26 heavy (non-hydrogen) atoms. The molecule has 2 saturated heterocycles. The highest BCUT2D eigenvalue weighted by atomic mass is 16.2. The minimum atomic E-state index is -0.326. The predicted octanol–water partition coefficient (Wildman–Crippen LogP) is 1.56. The molecule has 2 atom stereocenters. The number of hydrogen-bond acceptors (Lipinski definition) is 4. The topological polar surface area (TPSA) is 81.9 Å². The van der Waals surface area contributed by atoms with Crippen LogP contribution in [-0.2, 0) is 4.79 Å². The van der Waals surface area contributed by atoms with E-state index in [9.17, 15) is 9.59 Å². The molecule has 7 nitrogen and oxygen atoms in total. The Balaban J connectivity index is 1.72. The van der Waals surface area contributed by atoms with Gasteiger partial charge in [0, 0.05) is 38.8 Å². The number of primary amides is 1. The molecule has 7 heteroatoms. The van der Waals surface area contributed by atoms with Crippen LogP contribution in [0.15, 0.2) is 24.3 Å². The van der Waals surface area contributed by atoms with E-state index in [1.807, 2.05) is 31.2 Å². The van der Waals surface area contributed by atoms with E-state index in [0.29, 0.717) is 6.54 Å². The third kappa shape index (κ3) is 4.09. The minimum absolute atomic E-state index is 0.0985. The number of nitrogens with two attached hydrogens (primary N) is 1. The van der Waals surface area contributed by atoms with Gasteiger partial charge >= 0.3 is 6.03 Å². The Morgan fingerprint density at radius 3 is 2.50 bits per heavy atom. The lowest BCUT2D eigenvalue weighted by Crippen LogP contribution is -2.50. The van der Waals surface area contributed by atoms with Crippen LogP contribution in [0.4, 0.5) is 16.2 Å². The zero-order valence-corrected chi connectivity index (χ0v) is 15.6. The van der Waals surface area contributed by atoms with Crippen molar-refractivity contribution in [3.8, 4) is 0 Å². The highest BCUT2D eigenvalue weighted by molar-refractivity contribution is 5.94. The van der Waals surface area contributed by atoms with Gasteiger partial charge in [0.1, 0.15) is 0 Å². The molecule has 0 unspecified atom stereocenters. The second-order valence-corrected chi connectivity index (χ2v) is 7.42. The minimum Gasteiger partial charge on any atom is -0.369 e. The number of likely N-dealkylation sites (N-methyl/N-ethyl adjacent to an activating group) is 1. The molecule has 1 aromatic rings. The molecule has 3 amide bonds. The maximum atomic E-state index is 12.9. The van der Waals surface area contributed by atoms with Crippen LogP contribution in [0.3, 0.4) is 0 Å². The van der Waals surface area contributed by atoms with E-state index in [0.717, 1.165) is 50.4 Å². The van der Waals surface area contributed by atoms with Crippen LogP contribution in [0.1, 0.15) is 19.8 Å². The summed E-state index contributed by atoms with van der Waals surface area (Å²) in [6.07, 6.45) is 1.54. The lowest BCUT2D eigenvalue weighted by Gasteiger charge is -2.38. The third-order valence-electron chi connectivity index (χ3n) is 5.53. The van der Waals surface area contributed by atoms with E-state index in [2.05, 4.69) is 22.2 Å². The standard InChI is InChI=1S/C19H29N5O2/c1-14-7-8-15(18(20)25)13-24(14)19(26)21-16-5-3-4-6-17(16)23-11-9-22(2)10-12-23/h3-6,14-15H,7-13H2,1-2H3,(H2,20,25)(H,21,26)/t14-,15+/m0/s1. The summed E-state index contributed by atoms with van der Waals surface area (Å²) in [4.78, 5) is 30.7. The van der Waals surface area contributed by atoms with E-state index in [1.165, 1.54) is 0 Å². The second-order valence-electron chi connectivity index (χ2n) is 7.42. The van der Waals surface area contributed by atoms with Gasteiger partial charge in [0.15, 0.2) is 0 Å². The first kappa shape index (κ1) is 18.5. The van der Waals surface area contributed by atoms with Crippen molar-refractivity contribution in [2.75, 3.05) is 50.0 Å². The van der Waals surface area contributed by atoms with Crippen LogP contribution >= 0.6 is 0 Å². The molecule has 0 spiro atoms. The van der Waals surface area contributed by atoms with Gasteiger partial charge in [0.05, 0.1) is 17.3 Å². The van der Waals surface area contributed by atoms with Crippen LogP contribution in [-0.4, -0.2) is 67.6 Å². The summed E-state index contributed by atoms with van der Waals surface area (Å²) in [6.45, 7) is 6.29. The van der Waals surface area contributed by atoms with E-state index >= 15 is 0 Å². The number of carbonyl (C=O) groups is 2. The molecular formula is C19H29N5O2. The molecule has 3 rings (SSSR count). The summed E-state index contributed by atoms with van der Waals surface area (Å²) in [6, 6.07) is 7.85. The number of piperidine rings is 1. The number of hydrogen-bond donors (Lipinski definition) is 2. The number of piperazine rings is 1. The molecule has 2 fully saturated rings. The van der Waals surface area contributed by atoms with Crippen LogP contribution < -0.4 is 16.0 Å². The molecule has 3 N–H and O–H groups in total. The summed E-state index contributed by atoms with van der Waals surface area (Å²) in [5.74, 6) is -0.586. The van der Waals surface area contributed by atoms with Crippen molar-refractivity contribution < 1.29 is 9.59 Å². The summed E-state index contributed by atoms with van der Waals surface area (Å²) in [5, 5.41) is 3.06. The average Bonchev–Trinajstić information content (AvgIpc) is 2.63. The number of para-hydroxylation sites is 2. The average molecular weight is 359 g/mol. The summed E-state index contributed by atoms with van der Waals surface area (Å²) in [7, 11) is 2.12. The van der Waals surface area contributed by atoms with Crippen molar-refractivity contribution in [3.63, 3.8) is 0 Å². The quantitative estimate of drug-likeness (QED) is 0.858. The van der Waals surface area contributed by atoms with Crippen molar-refractivity contribution in [3.05, 3.63) is 24.3 Å². The van der Waals surface area contributed by atoms with E-state index in [1.54, 1.807) is 4.90 Å². The highest BCUT2D eigenvalue weighted by Gasteiger charge is 2.32. The summed E-state index contributed by atoms with van der Waals surface area (Å²) < 4.78 is 0. The van der Waals surface area contributed by atoms with Gasteiger partial charge in [-0.3, -0.25) is 4.79 Å². The smallest absolute Gasteiger partial charge is 0.322 e. The maximum Gasteiger partial charge on any atom is 0.322 e. The molecule has 0 saturated carbocycles. The fraction of sp³-hybridized carbons (Fsp3) is 0.579. The van der Waals surface area contributed by atoms with Crippen molar-refractivity contribution in [2.45, 2.75) is 25.8 Å². The molecule has 1 aromatic carbocycles. The van der Waals surface area contributed by atoms with Crippen LogP contribution in [0, 0.1) is 5.92 Å². The monoisotopic (exact) mass is 359 g/mol. The number of likely N-dealkylation sites (tertiary alicyclic amines) is 1. The fourth-order valence-corrected chi connectivity index (χ4v) is 3.71. The zero-order valence-electron chi connectivity index (χ0n) is 15.6. The fourth-order valence-electron chi connectivity index (χ4n) is 3.71. The number of carbonyl (C=O) groups excluding carboxylic acids is 2. The second kappa shape index (κ2) is 7.95. The predicted molar refractivity (Wildman–Crippen MR) is 103 cm³/mol. The molecule has 0 aromatic heterocycles. The Labute approximate surface area is 155 Å². The number of nitrogens with one attached hydrogen (secondary N) is 1. The summed E-state index contributed by atoms with van der Waals surface area (Å²) >= 11 is 0. The van der Waals surface area contributed by atoms with Crippen LogP contribution in [0.25, 0.3) is 0 Å². The first-order valence-corrected chi connectivity index (χ1v) is 9.35. The first-order valence-electron chi connectivity index (χ1n) is 9.35. The van der Waals surface area contributed by atoms with Gasteiger partial charge in [0.25, 0.3) is 0 Å². The molecule has 142 valence electrons.